The fraction of sp³-hybridized carbons (Fsp3) is 0.0588. The summed E-state index contributed by atoms with van der Waals surface area (Å²) in [7, 11) is 0. The van der Waals surface area contributed by atoms with Gasteiger partial charge in [-0.2, -0.15) is 0 Å². The van der Waals surface area contributed by atoms with Crippen LogP contribution in [-0.4, -0.2) is 10.9 Å². The Labute approximate surface area is 122 Å². The number of pyridine rings is 1. The zero-order chi connectivity index (χ0) is 14.8. The predicted molar refractivity (Wildman–Crippen MR) is 83.6 cm³/mol. The number of nitrogens with two attached hydrogens (primary N) is 2. The molecule has 1 heterocycles. The van der Waals surface area contributed by atoms with Gasteiger partial charge in [-0.05, 0) is 6.07 Å². The molecule has 0 saturated carbocycles. The van der Waals surface area contributed by atoms with Crippen LogP contribution in [0.15, 0.2) is 54.6 Å². The lowest BCUT2D eigenvalue weighted by Crippen LogP contribution is -2.18. The number of fused-ring (bicyclic) bond motifs is 1. The largest absolute Gasteiger partial charge is 0.366 e. The number of carbonyl (C=O) groups excluding carboxylic acids is 1. The monoisotopic (exact) mass is 277 g/mol. The number of hydrogen-bond acceptors (Lipinski definition) is 3. The highest BCUT2D eigenvalue weighted by molar-refractivity contribution is 6.08. The molecule has 104 valence electrons. The van der Waals surface area contributed by atoms with Gasteiger partial charge >= 0.3 is 0 Å². The van der Waals surface area contributed by atoms with E-state index >= 15 is 0 Å². The zero-order valence-electron chi connectivity index (χ0n) is 11.4. The van der Waals surface area contributed by atoms with Crippen molar-refractivity contribution in [1.29, 1.82) is 0 Å². The van der Waals surface area contributed by atoms with Crippen LogP contribution in [0, 0.1) is 0 Å². The average molecular weight is 277 g/mol. The summed E-state index contributed by atoms with van der Waals surface area (Å²) in [5.41, 5.74) is 15.0. The maximum absolute atomic E-state index is 11.9. The van der Waals surface area contributed by atoms with Gasteiger partial charge < -0.3 is 11.5 Å². The first kappa shape index (κ1) is 13.3. The molecule has 0 fully saturated rings. The van der Waals surface area contributed by atoms with Crippen LogP contribution in [0.4, 0.5) is 0 Å². The smallest absolute Gasteiger partial charge is 0.249 e. The number of nitrogens with zero attached hydrogens (tertiary/aromatic N) is 1. The van der Waals surface area contributed by atoms with Crippen LogP contribution in [0.5, 0.6) is 0 Å². The van der Waals surface area contributed by atoms with Crippen molar-refractivity contribution < 1.29 is 4.79 Å². The highest BCUT2D eigenvalue weighted by atomic mass is 16.1. The molecular weight excluding hydrogens is 262 g/mol. The van der Waals surface area contributed by atoms with Crippen LogP contribution < -0.4 is 11.5 Å². The van der Waals surface area contributed by atoms with Crippen molar-refractivity contribution in [2.75, 3.05) is 0 Å². The summed E-state index contributed by atoms with van der Waals surface area (Å²) in [6, 6.07) is 17.1. The second-order valence-electron chi connectivity index (χ2n) is 4.77. The van der Waals surface area contributed by atoms with Crippen LogP contribution in [0.1, 0.15) is 15.9 Å². The van der Waals surface area contributed by atoms with E-state index in [1.165, 1.54) is 0 Å². The van der Waals surface area contributed by atoms with Crippen molar-refractivity contribution in [3.8, 4) is 11.3 Å². The third kappa shape index (κ3) is 2.26. The molecule has 4 nitrogen and oxygen atoms in total. The van der Waals surface area contributed by atoms with E-state index in [-0.39, 0.29) is 6.54 Å². The Morgan fingerprint density at radius 1 is 1.00 bits per heavy atom. The van der Waals surface area contributed by atoms with E-state index in [4.69, 9.17) is 11.5 Å². The van der Waals surface area contributed by atoms with E-state index in [2.05, 4.69) is 4.98 Å². The molecule has 21 heavy (non-hydrogen) atoms. The topological polar surface area (TPSA) is 82.0 Å². The molecule has 3 aromatic rings. The Morgan fingerprint density at radius 2 is 1.67 bits per heavy atom. The number of primary amides is 1. The quantitative estimate of drug-likeness (QED) is 0.771. The van der Waals surface area contributed by atoms with Gasteiger partial charge in [0.15, 0.2) is 0 Å². The fourth-order valence-corrected chi connectivity index (χ4v) is 2.57. The molecule has 3 rings (SSSR count). The van der Waals surface area contributed by atoms with Crippen molar-refractivity contribution in [1.82, 2.24) is 4.98 Å². The highest BCUT2D eigenvalue weighted by Gasteiger charge is 2.18. The van der Waals surface area contributed by atoms with Crippen molar-refractivity contribution in [3.63, 3.8) is 0 Å². The Balaban J connectivity index is 2.43. The molecule has 4 N–H and O–H groups in total. The lowest BCUT2D eigenvalue weighted by Gasteiger charge is -2.14. The number of amides is 1. The molecule has 0 atom stereocenters. The molecule has 4 heteroatoms. The lowest BCUT2D eigenvalue weighted by atomic mass is 9.96. The van der Waals surface area contributed by atoms with E-state index in [0.29, 0.717) is 16.8 Å². The van der Waals surface area contributed by atoms with Crippen LogP contribution in [0.2, 0.25) is 0 Å². The third-order valence-electron chi connectivity index (χ3n) is 3.49. The molecule has 0 aliphatic carbocycles. The summed E-state index contributed by atoms with van der Waals surface area (Å²) < 4.78 is 0. The molecule has 1 amide bonds. The number of aromatic nitrogens is 1. The van der Waals surface area contributed by atoms with Crippen molar-refractivity contribution in [2.45, 2.75) is 6.54 Å². The van der Waals surface area contributed by atoms with Gasteiger partial charge in [0.25, 0.3) is 0 Å². The second kappa shape index (κ2) is 5.34. The first-order valence-electron chi connectivity index (χ1n) is 6.69. The number of para-hydroxylation sites is 1. The van der Waals surface area contributed by atoms with E-state index in [9.17, 15) is 4.79 Å². The van der Waals surface area contributed by atoms with Gasteiger partial charge in [-0.15, -0.1) is 0 Å². The summed E-state index contributed by atoms with van der Waals surface area (Å²) in [4.78, 5) is 16.6. The molecule has 0 aliphatic rings. The van der Waals surface area contributed by atoms with Crippen LogP contribution in [-0.2, 0) is 6.54 Å². The van der Waals surface area contributed by atoms with Gasteiger partial charge in [0, 0.05) is 23.1 Å². The SMILES string of the molecule is NCc1c(-c2ccccc2)nc2ccccc2c1C(N)=O. The van der Waals surface area contributed by atoms with Crippen molar-refractivity contribution in [2.24, 2.45) is 11.5 Å². The summed E-state index contributed by atoms with van der Waals surface area (Å²) >= 11 is 0. The summed E-state index contributed by atoms with van der Waals surface area (Å²) in [6.07, 6.45) is 0. The van der Waals surface area contributed by atoms with E-state index in [1.807, 2.05) is 54.6 Å². The molecule has 1 aromatic heterocycles. The van der Waals surface area contributed by atoms with E-state index in [1.54, 1.807) is 0 Å². The molecule has 0 spiro atoms. The van der Waals surface area contributed by atoms with E-state index in [0.717, 1.165) is 16.5 Å². The lowest BCUT2D eigenvalue weighted by molar-refractivity contribution is 0.100. The summed E-state index contributed by atoms with van der Waals surface area (Å²) in [5.74, 6) is -0.480. The Morgan fingerprint density at radius 3 is 2.33 bits per heavy atom. The zero-order valence-corrected chi connectivity index (χ0v) is 11.4. The minimum Gasteiger partial charge on any atom is -0.366 e. The third-order valence-corrected chi connectivity index (χ3v) is 3.49. The maximum Gasteiger partial charge on any atom is 0.249 e. The molecule has 2 aromatic carbocycles. The van der Waals surface area contributed by atoms with Gasteiger partial charge in [0.2, 0.25) is 5.91 Å². The number of carbonyl (C=O) groups is 1. The number of hydrogen-bond donors (Lipinski definition) is 2. The molecular formula is C17H15N3O. The van der Waals surface area contributed by atoms with Crippen molar-refractivity contribution >= 4 is 16.8 Å². The molecule has 0 bridgehead atoms. The Kier molecular flexibility index (Phi) is 3.38. The highest BCUT2D eigenvalue weighted by Crippen LogP contribution is 2.29. The normalized spacial score (nSPS) is 10.7. The predicted octanol–water partition coefficient (Wildman–Crippen LogP) is 2.46. The fourth-order valence-electron chi connectivity index (χ4n) is 2.57. The van der Waals surface area contributed by atoms with Gasteiger partial charge in [-0.3, -0.25) is 4.79 Å². The second-order valence-corrected chi connectivity index (χ2v) is 4.77. The number of rotatable bonds is 3. The Hall–Kier alpha value is -2.72. The molecule has 0 unspecified atom stereocenters. The van der Waals surface area contributed by atoms with Gasteiger partial charge in [0.1, 0.15) is 0 Å². The minimum absolute atomic E-state index is 0.209. The summed E-state index contributed by atoms with van der Waals surface area (Å²) in [6.45, 7) is 0.209. The van der Waals surface area contributed by atoms with Crippen LogP contribution >= 0.6 is 0 Å². The van der Waals surface area contributed by atoms with Crippen LogP contribution in [0.25, 0.3) is 22.2 Å². The summed E-state index contributed by atoms with van der Waals surface area (Å²) in [5, 5.41) is 0.741. The first-order valence-corrected chi connectivity index (χ1v) is 6.69. The van der Waals surface area contributed by atoms with Crippen molar-refractivity contribution in [3.05, 3.63) is 65.7 Å². The molecule has 0 saturated heterocycles. The number of benzene rings is 2. The van der Waals surface area contributed by atoms with Gasteiger partial charge in [-0.1, -0.05) is 48.5 Å². The van der Waals surface area contributed by atoms with E-state index < -0.39 is 5.91 Å². The van der Waals surface area contributed by atoms with Gasteiger partial charge in [0.05, 0.1) is 16.8 Å². The standard InChI is InChI=1S/C17H15N3O/c18-10-13-15(17(19)21)12-8-4-5-9-14(12)20-16(13)11-6-2-1-3-7-11/h1-9H,10,18H2,(H2,19,21). The first-order chi connectivity index (χ1) is 10.2. The van der Waals surface area contributed by atoms with Gasteiger partial charge in [-0.25, -0.2) is 4.98 Å². The maximum atomic E-state index is 11.9. The Bertz CT molecular complexity index is 813. The molecule has 0 aliphatic heterocycles. The average Bonchev–Trinajstić information content (AvgIpc) is 2.53. The minimum atomic E-state index is -0.480. The van der Waals surface area contributed by atoms with Crippen LogP contribution in [0.3, 0.4) is 0 Å². The molecule has 0 radical (unpaired) electrons.